The van der Waals surface area contributed by atoms with Gasteiger partial charge in [0.15, 0.2) is 0 Å². The number of hydrogen-bond acceptors (Lipinski definition) is 3. The van der Waals surface area contributed by atoms with Crippen molar-refractivity contribution in [3.8, 4) is 0 Å². The van der Waals surface area contributed by atoms with Crippen LogP contribution in [0.1, 0.15) is 0 Å². The van der Waals surface area contributed by atoms with Crippen molar-refractivity contribution < 1.29 is 26.5 Å². The third-order valence-corrected chi connectivity index (χ3v) is 3.28. The van der Waals surface area contributed by atoms with Gasteiger partial charge in [0.05, 0.1) is 28.1 Å². The molecule has 0 saturated heterocycles. The molecule has 0 bridgehead atoms. The molecule has 0 radical (unpaired) electrons. The van der Waals surface area contributed by atoms with Crippen molar-refractivity contribution in [3.63, 3.8) is 0 Å². The zero-order chi connectivity index (χ0) is 13.8. The molecule has 0 heterocycles. The summed E-state index contributed by atoms with van der Waals surface area (Å²) in [5.74, 6) is -0.784. The lowest BCUT2D eigenvalue weighted by molar-refractivity contribution is -0.172. The smallest absolute Gasteiger partial charge is 0.398 e. The average Bonchev–Trinajstić information content (AvgIpc) is 2.26. The molecule has 1 aromatic carbocycles. The van der Waals surface area contributed by atoms with Crippen molar-refractivity contribution >= 4 is 16.5 Å². The van der Waals surface area contributed by atoms with E-state index in [2.05, 4.69) is 4.74 Å². The standard InChI is InChI=1S/C10H11F4NO2S/c11-7-1-2-8(15)9(5-7)18(16)4-3-17-6-10(12,13)14/h1-2,5H,3-4,6,15H2. The van der Waals surface area contributed by atoms with Crippen LogP contribution in [-0.4, -0.2) is 29.4 Å². The molecule has 1 unspecified atom stereocenters. The summed E-state index contributed by atoms with van der Waals surface area (Å²) < 4.78 is 64.1. The van der Waals surface area contributed by atoms with Crippen molar-refractivity contribution in [2.45, 2.75) is 11.1 Å². The van der Waals surface area contributed by atoms with Gasteiger partial charge in [0, 0.05) is 5.69 Å². The first-order valence-corrected chi connectivity index (χ1v) is 6.19. The fourth-order valence-electron chi connectivity index (χ4n) is 1.14. The van der Waals surface area contributed by atoms with Gasteiger partial charge in [-0.15, -0.1) is 0 Å². The van der Waals surface area contributed by atoms with Crippen LogP contribution >= 0.6 is 0 Å². The summed E-state index contributed by atoms with van der Waals surface area (Å²) >= 11 is 0. The van der Waals surface area contributed by atoms with E-state index in [0.29, 0.717) is 0 Å². The summed E-state index contributed by atoms with van der Waals surface area (Å²) in [5, 5.41) is 0. The highest BCUT2D eigenvalue weighted by Crippen LogP contribution is 2.18. The molecule has 18 heavy (non-hydrogen) atoms. The summed E-state index contributed by atoms with van der Waals surface area (Å²) in [6.07, 6.45) is -4.42. The predicted octanol–water partition coefficient (Wildman–Crippen LogP) is 2.09. The summed E-state index contributed by atoms with van der Waals surface area (Å²) in [5.41, 5.74) is 5.61. The number of halogens is 4. The van der Waals surface area contributed by atoms with Crippen LogP contribution in [0, 0.1) is 5.82 Å². The van der Waals surface area contributed by atoms with Gasteiger partial charge in [-0.2, -0.15) is 13.2 Å². The summed E-state index contributed by atoms with van der Waals surface area (Å²) in [4.78, 5) is 0.0607. The first kappa shape index (κ1) is 14.9. The Hall–Kier alpha value is -1.15. The zero-order valence-corrected chi connectivity index (χ0v) is 9.98. The molecule has 1 atom stereocenters. The lowest BCUT2D eigenvalue weighted by atomic mass is 10.3. The van der Waals surface area contributed by atoms with Crippen molar-refractivity contribution in [1.82, 2.24) is 0 Å². The number of nitrogens with two attached hydrogens (primary N) is 1. The zero-order valence-electron chi connectivity index (χ0n) is 9.17. The van der Waals surface area contributed by atoms with Gasteiger partial charge in [0.1, 0.15) is 12.4 Å². The molecule has 1 rings (SSSR count). The molecule has 0 aliphatic heterocycles. The molecule has 0 saturated carbocycles. The summed E-state index contributed by atoms with van der Waals surface area (Å²) in [7, 11) is -1.69. The monoisotopic (exact) mass is 285 g/mol. The van der Waals surface area contributed by atoms with Crippen molar-refractivity contribution in [2.75, 3.05) is 24.7 Å². The van der Waals surface area contributed by atoms with Crippen LogP contribution in [0.5, 0.6) is 0 Å². The van der Waals surface area contributed by atoms with E-state index in [1.54, 1.807) is 0 Å². The Morgan fingerprint density at radius 2 is 2.00 bits per heavy atom. The van der Waals surface area contributed by atoms with Crippen LogP contribution in [-0.2, 0) is 15.5 Å². The summed E-state index contributed by atoms with van der Waals surface area (Å²) in [6, 6.07) is 3.35. The number of rotatable bonds is 5. The third kappa shape index (κ3) is 5.01. The van der Waals surface area contributed by atoms with Crippen molar-refractivity contribution in [1.29, 1.82) is 0 Å². The third-order valence-electron chi connectivity index (χ3n) is 1.90. The van der Waals surface area contributed by atoms with E-state index in [0.717, 1.165) is 12.1 Å². The highest BCUT2D eigenvalue weighted by Gasteiger charge is 2.27. The Bertz CT molecular complexity index is 436. The number of alkyl halides is 3. The second-order valence-electron chi connectivity index (χ2n) is 3.40. The van der Waals surface area contributed by atoms with E-state index in [4.69, 9.17) is 5.73 Å². The molecule has 0 aliphatic rings. The molecule has 0 aliphatic carbocycles. The van der Waals surface area contributed by atoms with Crippen LogP contribution in [0.2, 0.25) is 0 Å². The van der Waals surface area contributed by atoms with E-state index in [1.807, 2.05) is 0 Å². The van der Waals surface area contributed by atoms with E-state index in [-0.39, 0.29) is 22.9 Å². The van der Waals surface area contributed by atoms with Gasteiger partial charge in [-0.05, 0) is 18.2 Å². The van der Waals surface area contributed by atoms with Crippen molar-refractivity contribution in [3.05, 3.63) is 24.0 Å². The van der Waals surface area contributed by atoms with Crippen molar-refractivity contribution in [2.24, 2.45) is 0 Å². The Morgan fingerprint density at radius 1 is 1.33 bits per heavy atom. The van der Waals surface area contributed by atoms with E-state index in [9.17, 15) is 21.8 Å². The largest absolute Gasteiger partial charge is 0.411 e. The molecule has 2 N–H and O–H groups in total. The van der Waals surface area contributed by atoms with Crippen LogP contribution in [0.25, 0.3) is 0 Å². The maximum atomic E-state index is 12.9. The SMILES string of the molecule is Nc1ccc(F)cc1S(=O)CCOCC(F)(F)F. The molecule has 0 fully saturated rings. The minimum atomic E-state index is -4.42. The maximum Gasteiger partial charge on any atom is 0.411 e. The van der Waals surface area contributed by atoms with Crippen LogP contribution in [0.3, 0.4) is 0 Å². The minimum Gasteiger partial charge on any atom is -0.398 e. The topological polar surface area (TPSA) is 52.3 Å². The number of hydrogen-bond donors (Lipinski definition) is 1. The predicted molar refractivity (Wildman–Crippen MR) is 59.0 cm³/mol. The van der Waals surface area contributed by atoms with E-state index in [1.165, 1.54) is 6.07 Å². The highest BCUT2D eigenvalue weighted by atomic mass is 32.2. The number of benzene rings is 1. The first-order chi connectivity index (χ1) is 8.29. The number of nitrogen functional groups attached to an aromatic ring is 1. The van der Waals surface area contributed by atoms with Gasteiger partial charge in [-0.1, -0.05) is 0 Å². The van der Waals surface area contributed by atoms with Gasteiger partial charge in [0.2, 0.25) is 0 Å². The van der Waals surface area contributed by atoms with E-state index < -0.39 is 29.4 Å². The minimum absolute atomic E-state index is 0.0607. The van der Waals surface area contributed by atoms with Gasteiger partial charge in [-0.3, -0.25) is 4.21 Å². The van der Waals surface area contributed by atoms with Gasteiger partial charge in [-0.25, -0.2) is 4.39 Å². The van der Waals surface area contributed by atoms with Crippen LogP contribution < -0.4 is 5.73 Å². The number of ether oxygens (including phenoxy) is 1. The highest BCUT2D eigenvalue weighted by molar-refractivity contribution is 7.85. The van der Waals surface area contributed by atoms with Gasteiger partial charge < -0.3 is 10.5 Å². The second kappa shape index (κ2) is 6.14. The molecule has 102 valence electrons. The molecular weight excluding hydrogens is 274 g/mol. The van der Waals surface area contributed by atoms with Gasteiger partial charge >= 0.3 is 6.18 Å². The fraction of sp³-hybridized carbons (Fsp3) is 0.400. The molecule has 3 nitrogen and oxygen atoms in total. The maximum absolute atomic E-state index is 12.9. The average molecular weight is 285 g/mol. The fourth-order valence-corrected chi connectivity index (χ4v) is 2.20. The molecule has 0 amide bonds. The molecular formula is C10H11F4NO2S. The van der Waals surface area contributed by atoms with Crippen LogP contribution in [0.4, 0.5) is 23.2 Å². The lowest BCUT2D eigenvalue weighted by Crippen LogP contribution is -2.19. The Balaban J connectivity index is 2.48. The molecule has 0 spiro atoms. The molecule has 1 aromatic rings. The first-order valence-electron chi connectivity index (χ1n) is 4.87. The Labute approximate surface area is 103 Å². The summed E-state index contributed by atoms with van der Waals surface area (Å²) in [6.45, 7) is -1.75. The normalized spacial score (nSPS) is 13.6. The van der Waals surface area contributed by atoms with Gasteiger partial charge in [0.25, 0.3) is 0 Å². The molecule has 0 aromatic heterocycles. The Kier molecular flexibility index (Phi) is 5.09. The quantitative estimate of drug-likeness (QED) is 0.512. The second-order valence-corrected chi connectivity index (χ2v) is 4.94. The number of anilines is 1. The lowest BCUT2D eigenvalue weighted by Gasteiger charge is -2.08. The van der Waals surface area contributed by atoms with Crippen LogP contribution in [0.15, 0.2) is 23.1 Å². The Morgan fingerprint density at radius 3 is 2.61 bits per heavy atom. The molecule has 8 heteroatoms. The van der Waals surface area contributed by atoms with E-state index >= 15 is 0 Å².